The van der Waals surface area contributed by atoms with Gasteiger partial charge in [-0.25, -0.2) is 4.79 Å². The van der Waals surface area contributed by atoms with Gasteiger partial charge < -0.3 is 25.5 Å². The minimum absolute atomic E-state index is 0.0418. The van der Waals surface area contributed by atoms with Crippen LogP contribution in [0.5, 0.6) is 0 Å². The Morgan fingerprint density at radius 2 is 1.70 bits per heavy atom. The second kappa shape index (κ2) is 7.01. The van der Waals surface area contributed by atoms with E-state index >= 15 is 0 Å². The highest BCUT2D eigenvalue weighted by Crippen LogP contribution is 2.25. The molecular formula is C16H18O7. The Morgan fingerprint density at radius 1 is 1.09 bits per heavy atom. The minimum Gasteiger partial charge on any atom is -0.479 e. The molecule has 0 fully saturated rings. The first-order chi connectivity index (χ1) is 11.2. The summed E-state index contributed by atoms with van der Waals surface area (Å²) in [4.78, 5) is 23.0. The molecule has 0 heterocycles. The van der Waals surface area contributed by atoms with Crippen LogP contribution < -0.4 is 0 Å². The van der Waals surface area contributed by atoms with Gasteiger partial charge in [0.25, 0.3) is 0 Å². The first-order valence-corrected chi connectivity index (χ1v) is 6.94. The molecule has 1 aromatic carbocycles. The molecule has 7 nitrogen and oxygen atoms in total. The quantitative estimate of drug-likeness (QED) is 0.451. The molecule has 5 atom stereocenters. The molecule has 1 aliphatic rings. The van der Waals surface area contributed by atoms with Crippen LogP contribution >= 0.6 is 0 Å². The molecule has 0 spiro atoms. The smallest absolute Gasteiger partial charge is 0.335 e. The highest BCUT2D eigenvalue weighted by Gasteiger charge is 2.39. The predicted molar refractivity (Wildman–Crippen MR) is 79.3 cm³/mol. The number of carbonyl (C=O) groups excluding carboxylic acids is 1. The fraction of sp³-hybridized carbons (Fsp3) is 0.375. The third-order valence-electron chi connectivity index (χ3n) is 3.74. The number of carboxylic acid groups (broad SMARTS) is 1. The van der Waals surface area contributed by atoms with E-state index < -0.39 is 42.1 Å². The van der Waals surface area contributed by atoms with Crippen LogP contribution in [-0.2, 0) is 16.0 Å². The van der Waals surface area contributed by atoms with Crippen molar-refractivity contribution in [2.45, 2.75) is 30.8 Å². The number of allylic oxidation sites excluding steroid dienone is 1. The summed E-state index contributed by atoms with van der Waals surface area (Å²) in [6.07, 6.45) is -6.33. The molecule has 0 aromatic heterocycles. The Morgan fingerprint density at radius 3 is 2.35 bits per heavy atom. The highest BCUT2D eigenvalue weighted by molar-refractivity contribution is 5.89. The Hall–Kier alpha value is -2.06. The Bertz CT molecular complexity index is 674. The number of aliphatic hydroxyl groups excluding tert-OH is 4. The number of benzene rings is 1. The summed E-state index contributed by atoms with van der Waals surface area (Å²) in [5.41, 5.74) is 1.53. The zero-order valence-corrected chi connectivity index (χ0v) is 12.0. The van der Waals surface area contributed by atoms with E-state index in [1.165, 1.54) is 6.08 Å². The Labute approximate surface area is 133 Å². The molecule has 0 amide bonds. The van der Waals surface area contributed by atoms with Crippen molar-refractivity contribution in [3.8, 4) is 0 Å². The van der Waals surface area contributed by atoms with Gasteiger partial charge in [0.15, 0.2) is 11.9 Å². The molecule has 0 saturated heterocycles. The van der Waals surface area contributed by atoms with Gasteiger partial charge in [-0.15, -0.1) is 0 Å². The molecule has 0 aliphatic heterocycles. The molecule has 0 saturated carbocycles. The lowest BCUT2D eigenvalue weighted by Gasteiger charge is -2.27. The molecule has 0 radical (unpaired) electrons. The topological polar surface area (TPSA) is 135 Å². The molecule has 2 rings (SSSR count). The summed E-state index contributed by atoms with van der Waals surface area (Å²) in [6.45, 7) is 0. The molecule has 7 heteroatoms. The zero-order chi connectivity index (χ0) is 18.1. The van der Waals surface area contributed by atoms with Crippen LogP contribution in [0, 0.1) is 5.89 Å². The molecule has 1 aromatic rings. The summed E-state index contributed by atoms with van der Waals surface area (Å²) in [5.74, 6) is -4.78. The number of carboxylic acids is 1. The summed E-state index contributed by atoms with van der Waals surface area (Å²) in [5, 5.41) is 47.0. The fourth-order valence-electron chi connectivity index (χ4n) is 2.35. The number of aliphatic hydroxyl groups is 4. The van der Waals surface area contributed by atoms with Crippen LogP contribution in [0.25, 0.3) is 6.08 Å². The van der Waals surface area contributed by atoms with Gasteiger partial charge >= 0.3 is 5.97 Å². The lowest BCUT2D eigenvalue weighted by atomic mass is 9.84. The van der Waals surface area contributed by atoms with Gasteiger partial charge in [0, 0.05) is 7.26 Å². The molecule has 0 bridgehead atoms. The van der Waals surface area contributed by atoms with Crippen LogP contribution in [-0.4, -0.2) is 61.7 Å². The minimum atomic E-state index is -2.37. The van der Waals surface area contributed by atoms with E-state index in [9.17, 15) is 30.0 Å². The van der Waals surface area contributed by atoms with E-state index in [-0.39, 0.29) is 6.42 Å². The average molecular weight is 323 g/mol. The fourth-order valence-corrected chi connectivity index (χ4v) is 2.35. The third-order valence-corrected chi connectivity index (χ3v) is 3.74. The molecule has 23 heavy (non-hydrogen) atoms. The van der Waals surface area contributed by atoms with Crippen molar-refractivity contribution in [1.82, 2.24) is 0 Å². The molecule has 1 aliphatic carbocycles. The van der Waals surface area contributed by atoms with Crippen LogP contribution in [0.3, 0.4) is 0 Å². The summed E-state index contributed by atoms with van der Waals surface area (Å²) >= 11 is 0. The van der Waals surface area contributed by atoms with Gasteiger partial charge in [-0.05, 0) is 17.5 Å². The van der Waals surface area contributed by atoms with Crippen LogP contribution in [0.2, 0.25) is 0 Å². The number of ketones is 1. The van der Waals surface area contributed by atoms with Crippen LogP contribution in [0.4, 0.5) is 0 Å². The summed E-state index contributed by atoms with van der Waals surface area (Å²) < 4.78 is 8.25. The first kappa shape index (κ1) is 15.8. The third kappa shape index (κ3) is 3.65. The monoisotopic (exact) mass is 323 g/mol. The van der Waals surface area contributed by atoms with Gasteiger partial charge in [-0.3, -0.25) is 4.79 Å². The van der Waals surface area contributed by atoms with Crippen molar-refractivity contribution in [1.29, 1.82) is 0 Å². The molecule has 1 unspecified atom stereocenters. The number of rotatable bonds is 6. The molecular weight excluding hydrogens is 304 g/mol. The molecule has 124 valence electrons. The van der Waals surface area contributed by atoms with E-state index in [0.717, 1.165) is 5.56 Å². The number of carbonyl (C=O) groups is 2. The first-order valence-electron chi connectivity index (χ1n) is 7.44. The Kier molecular flexibility index (Phi) is 4.82. The van der Waals surface area contributed by atoms with Crippen molar-refractivity contribution < 1.29 is 36.5 Å². The zero-order valence-electron chi connectivity index (χ0n) is 13.0. The Balaban J connectivity index is 2.18. The molecule has 5 N–H and O–H groups in total. The summed E-state index contributed by atoms with van der Waals surface area (Å²) in [6, 6.07) is 7.06. The van der Waals surface area contributed by atoms with Gasteiger partial charge in [0.1, 0.15) is 18.3 Å². The largest absolute Gasteiger partial charge is 0.479 e. The van der Waals surface area contributed by atoms with E-state index in [0.29, 0.717) is 5.56 Å². The van der Waals surface area contributed by atoms with Crippen molar-refractivity contribution in [2.75, 3.05) is 0 Å². The van der Waals surface area contributed by atoms with Gasteiger partial charge in [-0.1, -0.05) is 36.4 Å². The van der Waals surface area contributed by atoms with E-state index in [4.69, 9.17) is 6.48 Å². The maximum Gasteiger partial charge on any atom is 0.335 e. The van der Waals surface area contributed by atoms with Crippen molar-refractivity contribution in [2.24, 2.45) is 5.89 Å². The van der Waals surface area contributed by atoms with Crippen LogP contribution in [0.15, 0.2) is 30.3 Å². The number of fused-ring (bicyclic) bond motifs is 1. The van der Waals surface area contributed by atoms with Gasteiger partial charge in [0.05, 0.1) is 0 Å². The SMILES string of the molecule is [2H]C1(C(=O)[C@H](O)[C@@H](O)[C@H](O)[C@H](O)C(=O)O)C=Cc2ccccc2C1. The van der Waals surface area contributed by atoms with Gasteiger partial charge in [0.2, 0.25) is 0 Å². The highest BCUT2D eigenvalue weighted by atomic mass is 16.4. The van der Waals surface area contributed by atoms with E-state index in [1.54, 1.807) is 30.3 Å². The number of hydrogen-bond acceptors (Lipinski definition) is 6. The predicted octanol–water partition coefficient (Wildman–Crippen LogP) is -1.03. The standard InChI is InChI=1S/C16H18O7/c17-11(12(18)13(19)14(20)15(21)16(22)23)10-6-5-8-3-1-2-4-9(8)7-10/h1-6,10,12-15,18-21H,7H2,(H,22,23)/t10?,12-,13+,14-,15-/m0/s1/i10D. The number of hydrogen-bond donors (Lipinski definition) is 5. The van der Waals surface area contributed by atoms with Crippen LogP contribution in [0.1, 0.15) is 12.5 Å². The average Bonchev–Trinajstić information content (AvgIpc) is 2.58. The second-order valence-electron chi connectivity index (χ2n) is 5.31. The lowest BCUT2D eigenvalue weighted by molar-refractivity contribution is -0.166. The lowest BCUT2D eigenvalue weighted by Crippen LogP contribution is -2.51. The van der Waals surface area contributed by atoms with Crippen molar-refractivity contribution >= 4 is 17.8 Å². The normalized spacial score (nSPS) is 25.7. The van der Waals surface area contributed by atoms with E-state index in [2.05, 4.69) is 0 Å². The maximum atomic E-state index is 12.4. The number of aliphatic carboxylic acids is 1. The van der Waals surface area contributed by atoms with Crippen molar-refractivity contribution in [3.05, 3.63) is 41.5 Å². The van der Waals surface area contributed by atoms with E-state index in [1.807, 2.05) is 0 Å². The second-order valence-corrected chi connectivity index (χ2v) is 5.31. The summed E-state index contributed by atoms with van der Waals surface area (Å²) in [7, 11) is 0. The van der Waals surface area contributed by atoms with Crippen molar-refractivity contribution in [3.63, 3.8) is 0 Å². The van der Waals surface area contributed by atoms with Gasteiger partial charge in [-0.2, -0.15) is 0 Å². The number of Topliss-reactive ketones (excluding diaryl/α,β-unsaturated/α-hetero) is 1. The maximum absolute atomic E-state index is 12.4.